The molecule has 0 spiro atoms. The lowest BCUT2D eigenvalue weighted by molar-refractivity contribution is -0.135. The van der Waals surface area contributed by atoms with Gasteiger partial charge in [-0.25, -0.2) is 0 Å². The molecule has 4 nitrogen and oxygen atoms in total. The summed E-state index contributed by atoms with van der Waals surface area (Å²) in [5.41, 5.74) is 2.18. The zero-order valence-electron chi connectivity index (χ0n) is 12.2. The standard InChI is InChI=1S/C16H24N2O2/c1-12(16(20)17-9-3-2-4-10-17)18-11-8-13-14(18)6-5-7-15(13)19/h8,11-12,15,19H,2-7,9-10H2,1H3. The highest BCUT2D eigenvalue weighted by atomic mass is 16.3. The van der Waals surface area contributed by atoms with Crippen molar-refractivity contribution in [2.75, 3.05) is 13.1 Å². The second-order valence-corrected chi connectivity index (χ2v) is 6.09. The van der Waals surface area contributed by atoms with Crippen molar-refractivity contribution in [2.24, 2.45) is 0 Å². The molecule has 2 atom stereocenters. The average molecular weight is 276 g/mol. The van der Waals surface area contributed by atoms with Crippen LogP contribution in [0.2, 0.25) is 0 Å². The van der Waals surface area contributed by atoms with E-state index in [1.807, 2.05) is 24.1 Å². The number of hydrogen-bond acceptors (Lipinski definition) is 2. The predicted octanol–water partition coefficient (Wildman–Crippen LogP) is 2.43. The van der Waals surface area contributed by atoms with Gasteiger partial charge in [0.15, 0.2) is 0 Å². The molecule has 2 heterocycles. The summed E-state index contributed by atoms with van der Waals surface area (Å²) < 4.78 is 2.08. The number of aliphatic hydroxyl groups excluding tert-OH is 1. The fourth-order valence-corrected chi connectivity index (χ4v) is 3.55. The highest BCUT2D eigenvalue weighted by Gasteiger charge is 2.28. The summed E-state index contributed by atoms with van der Waals surface area (Å²) in [7, 11) is 0. The van der Waals surface area contributed by atoms with Crippen molar-refractivity contribution in [1.82, 2.24) is 9.47 Å². The Balaban J connectivity index is 1.80. The van der Waals surface area contributed by atoms with Crippen LogP contribution in [0.15, 0.2) is 12.3 Å². The number of carbonyl (C=O) groups excluding carboxylic acids is 1. The first-order chi connectivity index (χ1) is 9.68. The van der Waals surface area contributed by atoms with Crippen LogP contribution in [0.5, 0.6) is 0 Å². The van der Waals surface area contributed by atoms with Gasteiger partial charge in [-0.3, -0.25) is 4.79 Å². The van der Waals surface area contributed by atoms with Gasteiger partial charge >= 0.3 is 0 Å². The first kappa shape index (κ1) is 13.7. The van der Waals surface area contributed by atoms with Crippen LogP contribution in [0.1, 0.15) is 62.4 Å². The summed E-state index contributed by atoms with van der Waals surface area (Å²) in [4.78, 5) is 14.6. The molecule has 1 aromatic heterocycles. The molecule has 0 saturated carbocycles. The summed E-state index contributed by atoms with van der Waals surface area (Å²) in [6, 6.07) is 1.83. The Morgan fingerprint density at radius 2 is 2.05 bits per heavy atom. The van der Waals surface area contributed by atoms with Crippen molar-refractivity contribution < 1.29 is 9.90 Å². The summed E-state index contributed by atoms with van der Waals surface area (Å²) in [6.45, 7) is 3.78. The van der Waals surface area contributed by atoms with Crippen LogP contribution in [-0.4, -0.2) is 33.6 Å². The lowest BCUT2D eigenvalue weighted by Crippen LogP contribution is -2.40. The van der Waals surface area contributed by atoms with Crippen LogP contribution in [-0.2, 0) is 11.2 Å². The van der Waals surface area contributed by atoms with E-state index in [4.69, 9.17) is 0 Å². The number of carbonyl (C=O) groups is 1. The molecule has 110 valence electrons. The van der Waals surface area contributed by atoms with Crippen molar-refractivity contribution in [1.29, 1.82) is 0 Å². The predicted molar refractivity (Wildman–Crippen MR) is 77.5 cm³/mol. The Labute approximate surface area is 120 Å². The quantitative estimate of drug-likeness (QED) is 0.901. The van der Waals surface area contributed by atoms with E-state index >= 15 is 0 Å². The summed E-state index contributed by atoms with van der Waals surface area (Å²) in [6.07, 6.45) is 7.93. The van der Waals surface area contributed by atoms with Crippen molar-refractivity contribution in [3.05, 3.63) is 23.5 Å². The molecule has 1 aliphatic carbocycles. The molecule has 1 amide bonds. The summed E-state index contributed by atoms with van der Waals surface area (Å²) >= 11 is 0. The van der Waals surface area contributed by atoms with Crippen molar-refractivity contribution in [3.8, 4) is 0 Å². The summed E-state index contributed by atoms with van der Waals surface area (Å²) in [5.74, 6) is 0.225. The third-order valence-corrected chi connectivity index (χ3v) is 4.75. The third-order valence-electron chi connectivity index (χ3n) is 4.75. The van der Waals surface area contributed by atoms with E-state index < -0.39 is 0 Å². The smallest absolute Gasteiger partial charge is 0.245 e. The van der Waals surface area contributed by atoms with E-state index in [9.17, 15) is 9.90 Å². The Bertz CT molecular complexity index is 489. The molecule has 3 rings (SSSR count). The lowest BCUT2D eigenvalue weighted by atomic mass is 9.95. The molecule has 20 heavy (non-hydrogen) atoms. The van der Waals surface area contributed by atoms with Crippen LogP contribution in [0.25, 0.3) is 0 Å². The van der Waals surface area contributed by atoms with E-state index in [1.165, 1.54) is 6.42 Å². The second kappa shape index (κ2) is 5.60. The third kappa shape index (κ3) is 2.37. The molecule has 0 radical (unpaired) electrons. The Hall–Kier alpha value is -1.29. The molecule has 0 aromatic carbocycles. The number of rotatable bonds is 2. The van der Waals surface area contributed by atoms with Crippen LogP contribution in [0.4, 0.5) is 0 Å². The minimum Gasteiger partial charge on any atom is -0.388 e. The fraction of sp³-hybridized carbons (Fsp3) is 0.688. The Morgan fingerprint density at radius 3 is 2.80 bits per heavy atom. The topological polar surface area (TPSA) is 45.5 Å². The van der Waals surface area contributed by atoms with E-state index in [0.717, 1.165) is 56.5 Å². The Morgan fingerprint density at radius 1 is 1.30 bits per heavy atom. The highest BCUT2D eigenvalue weighted by molar-refractivity contribution is 5.80. The molecule has 4 heteroatoms. The molecule has 1 saturated heterocycles. The van der Waals surface area contributed by atoms with Gasteiger partial charge in [-0.2, -0.15) is 0 Å². The second-order valence-electron chi connectivity index (χ2n) is 6.09. The number of likely N-dealkylation sites (tertiary alicyclic amines) is 1. The largest absolute Gasteiger partial charge is 0.388 e. The van der Waals surface area contributed by atoms with Gasteiger partial charge in [-0.1, -0.05) is 0 Å². The average Bonchev–Trinajstić information content (AvgIpc) is 2.92. The number of fused-ring (bicyclic) bond motifs is 1. The van der Waals surface area contributed by atoms with Gasteiger partial charge in [0.2, 0.25) is 5.91 Å². The van der Waals surface area contributed by atoms with Gasteiger partial charge in [0.25, 0.3) is 0 Å². The van der Waals surface area contributed by atoms with E-state index in [2.05, 4.69) is 4.57 Å². The number of amides is 1. The Kier molecular flexibility index (Phi) is 3.83. The van der Waals surface area contributed by atoms with Crippen LogP contribution < -0.4 is 0 Å². The van der Waals surface area contributed by atoms with Crippen molar-refractivity contribution in [2.45, 2.75) is 57.6 Å². The maximum Gasteiger partial charge on any atom is 0.245 e. The number of aromatic nitrogens is 1. The maximum atomic E-state index is 12.6. The first-order valence-electron chi connectivity index (χ1n) is 7.85. The van der Waals surface area contributed by atoms with Gasteiger partial charge in [-0.05, 0) is 51.5 Å². The van der Waals surface area contributed by atoms with Crippen molar-refractivity contribution >= 4 is 5.91 Å². The highest BCUT2D eigenvalue weighted by Crippen LogP contribution is 2.32. The zero-order valence-corrected chi connectivity index (χ0v) is 12.2. The van der Waals surface area contributed by atoms with Gasteiger partial charge < -0.3 is 14.6 Å². The minimum atomic E-state index is -0.350. The van der Waals surface area contributed by atoms with E-state index in [-0.39, 0.29) is 18.1 Å². The molecule has 2 unspecified atom stereocenters. The molecule has 1 N–H and O–H groups in total. The number of aliphatic hydroxyl groups is 1. The molecule has 0 bridgehead atoms. The van der Waals surface area contributed by atoms with Crippen LogP contribution in [0.3, 0.4) is 0 Å². The van der Waals surface area contributed by atoms with E-state index in [0.29, 0.717) is 0 Å². The minimum absolute atomic E-state index is 0.151. The lowest BCUT2D eigenvalue weighted by Gasteiger charge is -2.31. The normalized spacial score (nSPS) is 24.3. The van der Waals surface area contributed by atoms with Gasteiger partial charge in [0, 0.05) is 30.5 Å². The van der Waals surface area contributed by atoms with E-state index in [1.54, 1.807) is 0 Å². The number of piperidine rings is 1. The SMILES string of the molecule is CC(C(=O)N1CCCCC1)n1ccc2c1CCCC2O. The molecule has 1 aliphatic heterocycles. The fourth-order valence-electron chi connectivity index (χ4n) is 3.55. The molecular weight excluding hydrogens is 252 g/mol. The number of hydrogen-bond donors (Lipinski definition) is 1. The monoisotopic (exact) mass is 276 g/mol. The van der Waals surface area contributed by atoms with Crippen LogP contribution >= 0.6 is 0 Å². The molecule has 2 aliphatic rings. The van der Waals surface area contributed by atoms with Crippen molar-refractivity contribution in [3.63, 3.8) is 0 Å². The summed E-state index contributed by atoms with van der Waals surface area (Å²) in [5, 5.41) is 10.0. The van der Waals surface area contributed by atoms with Gasteiger partial charge in [-0.15, -0.1) is 0 Å². The number of nitrogens with zero attached hydrogens (tertiary/aromatic N) is 2. The van der Waals surface area contributed by atoms with Crippen LogP contribution in [0, 0.1) is 0 Å². The maximum absolute atomic E-state index is 12.6. The molecule has 1 aromatic rings. The first-order valence-corrected chi connectivity index (χ1v) is 7.85. The van der Waals surface area contributed by atoms with Gasteiger partial charge in [0.05, 0.1) is 6.10 Å². The molecular formula is C16H24N2O2. The zero-order chi connectivity index (χ0) is 14.1. The molecule has 1 fully saturated rings. The van der Waals surface area contributed by atoms with Gasteiger partial charge in [0.1, 0.15) is 6.04 Å².